The third kappa shape index (κ3) is 5.31. The van der Waals surface area contributed by atoms with Crippen LogP contribution in [-0.2, 0) is 16.0 Å². The highest BCUT2D eigenvalue weighted by Gasteiger charge is 2.14. The van der Waals surface area contributed by atoms with Crippen molar-refractivity contribution in [2.75, 3.05) is 0 Å². The van der Waals surface area contributed by atoms with Crippen molar-refractivity contribution in [1.82, 2.24) is 5.32 Å². The van der Waals surface area contributed by atoms with E-state index in [0.29, 0.717) is 6.42 Å². The molecule has 0 aromatic heterocycles. The molecule has 0 radical (unpaired) electrons. The molecule has 1 aromatic carbocycles. The Morgan fingerprint density at radius 2 is 2.17 bits per heavy atom. The zero-order valence-corrected chi connectivity index (χ0v) is 11.7. The van der Waals surface area contributed by atoms with Gasteiger partial charge in [-0.1, -0.05) is 35.0 Å². The summed E-state index contributed by atoms with van der Waals surface area (Å²) < 4.78 is 0.922. The van der Waals surface area contributed by atoms with E-state index >= 15 is 0 Å². The van der Waals surface area contributed by atoms with Crippen molar-refractivity contribution in [3.8, 4) is 0 Å². The second kappa shape index (κ2) is 7.16. The summed E-state index contributed by atoms with van der Waals surface area (Å²) in [6.45, 7) is 1.85. The lowest BCUT2D eigenvalue weighted by molar-refractivity contribution is -0.137. The Morgan fingerprint density at radius 1 is 1.44 bits per heavy atom. The number of carboxylic acids is 1. The van der Waals surface area contributed by atoms with Gasteiger partial charge in [-0.2, -0.15) is 0 Å². The van der Waals surface area contributed by atoms with Crippen molar-refractivity contribution >= 4 is 27.8 Å². The molecule has 1 amide bonds. The maximum Gasteiger partial charge on any atom is 0.305 e. The molecule has 98 valence electrons. The van der Waals surface area contributed by atoms with Crippen molar-refractivity contribution in [3.05, 3.63) is 34.3 Å². The van der Waals surface area contributed by atoms with Crippen LogP contribution >= 0.6 is 15.9 Å². The van der Waals surface area contributed by atoms with Crippen LogP contribution in [0.25, 0.3) is 0 Å². The lowest BCUT2D eigenvalue weighted by atomic mass is 10.1. The zero-order valence-electron chi connectivity index (χ0n) is 10.1. The second-order valence-corrected chi connectivity index (χ2v) is 4.99. The lowest BCUT2D eigenvalue weighted by Crippen LogP contribution is -2.36. The predicted octanol–water partition coefficient (Wildman–Crippen LogP) is 2.36. The molecule has 1 aromatic rings. The highest BCUT2D eigenvalue weighted by molar-refractivity contribution is 9.10. The van der Waals surface area contributed by atoms with Crippen LogP contribution in [-0.4, -0.2) is 23.0 Å². The van der Waals surface area contributed by atoms with Crippen LogP contribution in [0.1, 0.15) is 25.3 Å². The number of nitrogens with one attached hydrogen (secondary N) is 1. The normalized spacial score (nSPS) is 11.9. The Labute approximate surface area is 115 Å². The molecule has 1 unspecified atom stereocenters. The minimum Gasteiger partial charge on any atom is -0.481 e. The summed E-state index contributed by atoms with van der Waals surface area (Å²) in [6, 6.07) is 7.18. The first-order chi connectivity index (χ1) is 8.51. The summed E-state index contributed by atoms with van der Waals surface area (Å²) in [7, 11) is 0. The number of carboxylic acid groups (broad SMARTS) is 1. The largest absolute Gasteiger partial charge is 0.481 e. The van der Waals surface area contributed by atoms with E-state index in [-0.39, 0.29) is 24.8 Å². The van der Waals surface area contributed by atoms with Gasteiger partial charge in [-0.25, -0.2) is 0 Å². The molecule has 0 saturated heterocycles. The standard InChI is InChI=1S/C13H16BrNO3/c1-2-11(8-13(17)18)15-12(16)7-9-4-3-5-10(14)6-9/h3-6,11H,2,7-8H2,1H3,(H,15,16)(H,17,18). The van der Waals surface area contributed by atoms with E-state index in [0.717, 1.165) is 10.0 Å². The van der Waals surface area contributed by atoms with Gasteiger partial charge in [-0.05, 0) is 24.1 Å². The summed E-state index contributed by atoms with van der Waals surface area (Å²) >= 11 is 3.34. The Bertz CT molecular complexity index is 434. The summed E-state index contributed by atoms with van der Waals surface area (Å²) in [5.74, 6) is -1.05. The quantitative estimate of drug-likeness (QED) is 0.847. The smallest absolute Gasteiger partial charge is 0.305 e. The van der Waals surface area contributed by atoms with Gasteiger partial charge in [-0.15, -0.1) is 0 Å². The number of benzene rings is 1. The molecule has 1 atom stereocenters. The average Bonchev–Trinajstić information content (AvgIpc) is 2.27. The second-order valence-electron chi connectivity index (χ2n) is 4.08. The van der Waals surface area contributed by atoms with Crippen LogP contribution in [0.15, 0.2) is 28.7 Å². The molecule has 0 fully saturated rings. The van der Waals surface area contributed by atoms with Gasteiger partial charge in [0.15, 0.2) is 0 Å². The Balaban J connectivity index is 2.52. The molecular weight excluding hydrogens is 298 g/mol. The molecule has 0 heterocycles. The Hall–Kier alpha value is -1.36. The molecule has 5 heteroatoms. The van der Waals surface area contributed by atoms with Gasteiger partial charge >= 0.3 is 5.97 Å². The summed E-state index contributed by atoms with van der Waals surface area (Å²) in [6.07, 6.45) is 0.826. The maximum absolute atomic E-state index is 11.8. The molecule has 0 saturated carbocycles. The van der Waals surface area contributed by atoms with E-state index < -0.39 is 5.97 Å². The van der Waals surface area contributed by atoms with E-state index in [9.17, 15) is 9.59 Å². The monoisotopic (exact) mass is 313 g/mol. The van der Waals surface area contributed by atoms with Gasteiger partial charge < -0.3 is 10.4 Å². The minimum absolute atomic E-state index is 0.0409. The highest BCUT2D eigenvalue weighted by atomic mass is 79.9. The number of rotatable bonds is 6. The number of carbonyl (C=O) groups is 2. The predicted molar refractivity (Wildman–Crippen MR) is 72.3 cm³/mol. The first kappa shape index (κ1) is 14.7. The first-order valence-electron chi connectivity index (χ1n) is 5.77. The topological polar surface area (TPSA) is 66.4 Å². The van der Waals surface area contributed by atoms with Crippen molar-refractivity contribution in [2.24, 2.45) is 0 Å². The minimum atomic E-state index is -0.899. The van der Waals surface area contributed by atoms with Crippen LogP contribution in [0.2, 0.25) is 0 Å². The molecule has 0 aliphatic carbocycles. The van der Waals surface area contributed by atoms with Gasteiger partial charge in [0.2, 0.25) is 5.91 Å². The zero-order chi connectivity index (χ0) is 13.5. The number of amides is 1. The van der Waals surface area contributed by atoms with Crippen molar-refractivity contribution in [1.29, 1.82) is 0 Å². The SMILES string of the molecule is CCC(CC(=O)O)NC(=O)Cc1cccc(Br)c1. The molecule has 0 bridgehead atoms. The van der Waals surface area contributed by atoms with Crippen LogP contribution in [0.4, 0.5) is 0 Å². The van der Waals surface area contributed by atoms with Gasteiger partial charge in [0.25, 0.3) is 0 Å². The molecule has 0 aliphatic rings. The van der Waals surface area contributed by atoms with E-state index in [1.165, 1.54) is 0 Å². The van der Waals surface area contributed by atoms with Gasteiger partial charge in [0.1, 0.15) is 0 Å². The third-order valence-electron chi connectivity index (χ3n) is 2.53. The molecule has 0 aliphatic heterocycles. The number of hydrogen-bond donors (Lipinski definition) is 2. The van der Waals surface area contributed by atoms with Crippen LogP contribution in [0.3, 0.4) is 0 Å². The first-order valence-corrected chi connectivity index (χ1v) is 6.56. The number of hydrogen-bond acceptors (Lipinski definition) is 2. The third-order valence-corrected chi connectivity index (χ3v) is 3.03. The highest BCUT2D eigenvalue weighted by Crippen LogP contribution is 2.12. The molecular formula is C13H16BrNO3. The molecule has 2 N–H and O–H groups in total. The van der Waals surface area contributed by atoms with Gasteiger partial charge in [0.05, 0.1) is 12.8 Å². The van der Waals surface area contributed by atoms with Gasteiger partial charge in [-0.3, -0.25) is 9.59 Å². The van der Waals surface area contributed by atoms with Crippen molar-refractivity contribution < 1.29 is 14.7 Å². The van der Waals surface area contributed by atoms with Crippen LogP contribution in [0.5, 0.6) is 0 Å². The van der Waals surface area contributed by atoms with E-state index in [1.54, 1.807) is 0 Å². The summed E-state index contributed by atoms with van der Waals surface area (Å²) in [5.41, 5.74) is 0.895. The Morgan fingerprint density at radius 3 is 2.72 bits per heavy atom. The van der Waals surface area contributed by atoms with Gasteiger partial charge in [0, 0.05) is 10.5 Å². The number of carbonyl (C=O) groups excluding carboxylic acids is 1. The molecule has 1 rings (SSSR count). The molecule has 0 spiro atoms. The van der Waals surface area contributed by atoms with E-state index in [1.807, 2.05) is 31.2 Å². The lowest BCUT2D eigenvalue weighted by Gasteiger charge is -2.14. The fourth-order valence-corrected chi connectivity index (χ4v) is 2.07. The molecule has 4 nitrogen and oxygen atoms in total. The number of halogens is 1. The number of aliphatic carboxylic acids is 1. The fraction of sp³-hybridized carbons (Fsp3) is 0.385. The van der Waals surface area contributed by atoms with Crippen LogP contribution < -0.4 is 5.32 Å². The maximum atomic E-state index is 11.8. The molecule has 18 heavy (non-hydrogen) atoms. The van der Waals surface area contributed by atoms with Crippen LogP contribution in [0, 0.1) is 0 Å². The Kier molecular flexibility index (Phi) is 5.85. The van der Waals surface area contributed by atoms with Crippen molar-refractivity contribution in [3.63, 3.8) is 0 Å². The van der Waals surface area contributed by atoms with E-state index in [2.05, 4.69) is 21.2 Å². The van der Waals surface area contributed by atoms with Crippen molar-refractivity contribution in [2.45, 2.75) is 32.2 Å². The average molecular weight is 314 g/mol. The summed E-state index contributed by atoms with van der Waals surface area (Å²) in [4.78, 5) is 22.4. The summed E-state index contributed by atoms with van der Waals surface area (Å²) in [5, 5.41) is 11.4. The fourth-order valence-electron chi connectivity index (χ4n) is 1.62. The van der Waals surface area contributed by atoms with E-state index in [4.69, 9.17) is 5.11 Å².